The Morgan fingerprint density at radius 1 is 1.13 bits per heavy atom. The standard InChI is InChI=1S/C13H26N2/c1-15-9-2-3-11(7-10-15)13(6-8-14)12-4-5-12/h11-13H,2-10,14H2,1H3. The Morgan fingerprint density at radius 3 is 2.53 bits per heavy atom. The summed E-state index contributed by atoms with van der Waals surface area (Å²) >= 11 is 0. The lowest BCUT2D eigenvalue weighted by molar-refractivity contribution is 0.249. The largest absolute Gasteiger partial charge is 0.330 e. The van der Waals surface area contributed by atoms with E-state index in [1.54, 1.807) is 0 Å². The molecular weight excluding hydrogens is 184 g/mol. The highest BCUT2D eigenvalue weighted by atomic mass is 15.1. The molecule has 0 spiro atoms. The molecule has 2 unspecified atom stereocenters. The number of rotatable bonds is 4. The predicted octanol–water partition coefficient (Wildman–Crippen LogP) is 2.09. The molecule has 2 nitrogen and oxygen atoms in total. The second kappa shape index (κ2) is 5.31. The van der Waals surface area contributed by atoms with Crippen LogP contribution in [0.1, 0.15) is 38.5 Å². The lowest BCUT2D eigenvalue weighted by Gasteiger charge is -2.25. The van der Waals surface area contributed by atoms with E-state index in [-0.39, 0.29) is 0 Å². The fraction of sp³-hybridized carbons (Fsp3) is 1.00. The number of nitrogens with zero attached hydrogens (tertiary/aromatic N) is 1. The van der Waals surface area contributed by atoms with Crippen LogP contribution in [0.25, 0.3) is 0 Å². The molecule has 1 saturated heterocycles. The zero-order valence-electron chi connectivity index (χ0n) is 10.1. The Balaban J connectivity index is 1.87. The van der Waals surface area contributed by atoms with Gasteiger partial charge >= 0.3 is 0 Å². The highest BCUT2D eigenvalue weighted by molar-refractivity contribution is 4.87. The number of hydrogen-bond acceptors (Lipinski definition) is 2. The van der Waals surface area contributed by atoms with Gasteiger partial charge in [0.05, 0.1) is 0 Å². The first-order valence-corrected chi connectivity index (χ1v) is 6.70. The molecule has 2 aliphatic rings. The minimum absolute atomic E-state index is 0.896. The maximum absolute atomic E-state index is 5.76. The van der Waals surface area contributed by atoms with Crippen LogP contribution in [0.4, 0.5) is 0 Å². The first kappa shape index (κ1) is 11.4. The molecule has 2 atom stereocenters. The second-order valence-electron chi connectivity index (χ2n) is 5.57. The Morgan fingerprint density at radius 2 is 1.87 bits per heavy atom. The molecule has 0 aromatic carbocycles. The van der Waals surface area contributed by atoms with E-state index >= 15 is 0 Å². The monoisotopic (exact) mass is 210 g/mol. The van der Waals surface area contributed by atoms with Gasteiger partial charge in [-0.15, -0.1) is 0 Å². The topological polar surface area (TPSA) is 29.3 Å². The Kier molecular flexibility index (Phi) is 4.04. The summed E-state index contributed by atoms with van der Waals surface area (Å²) in [5, 5.41) is 0. The molecule has 0 radical (unpaired) electrons. The summed E-state index contributed by atoms with van der Waals surface area (Å²) in [7, 11) is 2.26. The molecule has 1 aliphatic carbocycles. The van der Waals surface area contributed by atoms with Crippen molar-refractivity contribution in [3.63, 3.8) is 0 Å². The summed E-state index contributed by atoms with van der Waals surface area (Å²) in [4.78, 5) is 2.49. The number of likely N-dealkylation sites (tertiary alicyclic amines) is 1. The van der Waals surface area contributed by atoms with Crippen molar-refractivity contribution in [3.05, 3.63) is 0 Å². The van der Waals surface area contributed by atoms with E-state index < -0.39 is 0 Å². The van der Waals surface area contributed by atoms with Gasteiger partial charge in [-0.3, -0.25) is 0 Å². The summed E-state index contributed by atoms with van der Waals surface area (Å²) in [5.41, 5.74) is 5.76. The average molecular weight is 210 g/mol. The minimum Gasteiger partial charge on any atom is -0.330 e. The van der Waals surface area contributed by atoms with Crippen molar-refractivity contribution < 1.29 is 0 Å². The fourth-order valence-corrected chi connectivity index (χ4v) is 3.27. The maximum atomic E-state index is 5.76. The SMILES string of the molecule is CN1CCCC(C(CCN)C2CC2)CC1. The quantitative estimate of drug-likeness (QED) is 0.770. The van der Waals surface area contributed by atoms with Gasteiger partial charge in [0.1, 0.15) is 0 Å². The molecule has 0 aromatic heterocycles. The molecule has 2 rings (SSSR count). The normalized spacial score (nSPS) is 31.2. The summed E-state index contributed by atoms with van der Waals surface area (Å²) in [6.07, 6.45) is 8.51. The third-order valence-electron chi connectivity index (χ3n) is 4.33. The minimum atomic E-state index is 0.896. The van der Waals surface area contributed by atoms with E-state index in [1.807, 2.05) is 0 Å². The van der Waals surface area contributed by atoms with Gasteiger partial charge in [-0.1, -0.05) is 0 Å². The van der Waals surface area contributed by atoms with Crippen molar-refractivity contribution in [1.29, 1.82) is 0 Å². The first-order chi connectivity index (χ1) is 7.31. The van der Waals surface area contributed by atoms with Crippen LogP contribution >= 0.6 is 0 Å². The van der Waals surface area contributed by atoms with Gasteiger partial charge in [0, 0.05) is 0 Å². The van der Waals surface area contributed by atoms with Crippen molar-refractivity contribution in [3.8, 4) is 0 Å². The van der Waals surface area contributed by atoms with Crippen molar-refractivity contribution >= 4 is 0 Å². The first-order valence-electron chi connectivity index (χ1n) is 6.70. The zero-order valence-corrected chi connectivity index (χ0v) is 10.1. The van der Waals surface area contributed by atoms with Crippen LogP contribution in [0.3, 0.4) is 0 Å². The van der Waals surface area contributed by atoms with Gasteiger partial charge in [0.2, 0.25) is 0 Å². The third-order valence-corrected chi connectivity index (χ3v) is 4.33. The summed E-state index contributed by atoms with van der Waals surface area (Å²) < 4.78 is 0. The molecule has 1 heterocycles. The van der Waals surface area contributed by atoms with Crippen LogP contribution in [0.15, 0.2) is 0 Å². The summed E-state index contributed by atoms with van der Waals surface area (Å²) in [6, 6.07) is 0. The van der Waals surface area contributed by atoms with E-state index in [1.165, 1.54) is 51.6 Å². The highest BCUT2D eigenvalue weighted by Crippen LogP contribution is 2.44. The lowest BCUT2D eigenvalue weighted by atomic mass is 9.81. The van der Waals surface area contributed by atoms with Crippen molar-refractivity contribution in [2.24, 2.45) is 23.5 Å². The molecule has 0 amide bonds. The molecule has 88 valence electrons. The van der Waals surface area contributed by atoms with Crippen LogP contribution in [-0.2, 0) is 0 Å². The van der Waals surface area contributed by atoms with Crippen LogP contribution in [-0.4, -0.2) is 31.6 Å². The van der Waals surface area contributed by atoms with Crippen molar-refractivity contribution in [1.82, 2.24) is 4.90 Å². The smallest absolute Gasteiger partial charge is 0.00190 e. The Hall–Kier alpha value is -0.0800. The van der Waals surface area contributed by atoms with Gasteiger partial charge < -0.3 is 10.6 Å². The number of hydrogen-bond donors (Lipinski definition) is 1. The summed E-state index contributed by atoms with van der Waals surface area (Å²) in [5.74, 6) is 2.98. The van der Waals surface area contributed by atoms with Crippen molar-refractivity contribution in [2.75, 3.05) is 26.7 Å². The lowest BCUT2D eigenvalue weighted by Crippen LogP contribution is -2.23. The molecule has 15 heavy (non-hydrogen) atoms. The molecular formula is C13H26N2. The summed E-state index contributed by atoms with van der Waals surface area (Å²) in [6.45, 7) is 3.50. The second-order valence-corrected chi connectivity index (χ2v) is 5.57. The van der Waals surface area contributed by atoms with Gasteiger partial charge in [0.25, 0.3) is 0 Å². The Bertz CT molecular complexity index is 189. The van der Waals surface area contributed by atoms with Crippen LogP contribution < -0.4 is 5.73 Å². The predicted molar refractivity (Wildman–Crippen MR) is 64.7 cm³/mol. The van der Waals surface area contributed by atoms with E-state index in [9.17, 15) is 0 Å². The third kappa shape index (κ3) is 3.18. The van der Waals surface area contributed by atoms with Crippen LogP contribution in [0, 0.1) is 17.8 Å². The fourth-order valence-electron chi connectivity index (χ4n) is 3.27. The molecule has 2 N–H and O–H groups in total. The van der Waals surface area contributed by atoms with E-state index in [0.717, 1.165) is 24.3 Å². The average Bonchev–Trinajstić information content (AvgIpc) is 3.02. The van der Waals surface area contributed by atoms with Crippen LogP contribution in [0.5, 0.6) is 0 Å². The van der Waals surface area contributed by atoms with Gasteiger partial charge in [0.15, 0.2) is 0 Å². The Labute approximate surface area is 94.2 Å². The molecule has 2 fully saturated rings. The van der Waals surface area contributed by atoms with Gasteiger partial charge in [-0.05, 0) is 83.0 Å². The molecule has 0 aromatic rings. The molecule has 2 heteroatoms. The van der Waals surface area contributed by atoms with E-state index in [2.05, 4.69) is 11.9 Å². The number of nitrogens with two attached hydrogens (primary N) is 1. The molecule has 1 aliphatic heterocycles. The zero-order chi connectivity index (χ0) is 10.7. The van der Waals surface area contributed by atoms with E-state index in [4.69, 9.17) is 5.73 Å². The highest BCUT2D eigenvalue weighted by Gasteiger charge is 2.35. The molecule has 0 bridgehead atoms. The maximum Gasteiger partial charge on any atom is -0.00190 e. The van der Waals surface area contributed by atoms with E-state index in [0.29, 0.717) is 0 Å². The van der Waals surface area contributed by atoms with Crippen LogP contribution in [0.2, 0.25) is 0 Å². The molecule has 1 saturated carbocycles. The van der Waals surface area contributed by atoms with Crippen molar-refractivity contribution in [2.45, 2.75) is 38.5 Å². The van der Waals surface area contributed by atoms with Gasteiger partial charge in [-0.2, -0.15) is 0 Å². The van der Waals surface area contributed by atoms with Gasteiger partial charge in [-0.25, -0.2) is 0 Å².